The van der Waals surface area contributed by atoms with E-state index in [2.05, 4.69) is 59.1 Å². The molecular weight excluding hydrogens is 449 g/mol. The molecule has 1 aromatic carbocycles. The lowest BCUT2D eigenvalue weighted by Gasteiger charge is -2.22. The van der Waals surface area contributed by atoms with Crippen molar-refractivity contribution in [3.8, 4) is 0 Å². The summed E-state index contributed by atoms with van der Waals surface area (Å²) in [6, 6.07) is 9.15. The molecule has 1 atom stereocenters. The van der Waals surface area contributed by atoms with Gasteiger partial charge in [0.1, 0.15) is 5.60 Å². The molecule has 1 rings (SSSR count). The molecule has 0 radical (unpaired) electrons. The summed E-state index contributed by atoms with van der Waals surface area (Å²) in [7, 11) is 0. The standard InChI is InChI=1S/C23H38INO2/c1-5-6-7-8-9-10-11-19-12-14-20(15-13-19)16-17-21(18-24)25-22(26)27-23(2,3)4/h12-15,21H,5-11,16-18H2,1-4H3,(H,25,26). The number of ether oxygens (including phenoxy) is 1. The summed E-state index contributed by atoms with van der Waals surface area (Å²) < 4.78 is 6.23. The first-order valence-corrected chi connectivity index (χ1v) is 12.0. The molecule has 4 heteroatoms. The molecule has 0 aromatic heterocycles. The molecule has 3 nitrogen and oxygen atoms in total. The second-order valence-corrected chi connectivity index (χ2v) is 9.25. The number of nitrogens with one attached hydrogen (secondary N) is 1. The maximum absolute atomic E-state index is 11.9. The first-order valence-electron chi connectivity index (χ1n) is 10.5. The number of aryl methyl sites for hydroxylation is 2. The lowest BCUT2D eigenvalue weighted by Crippen LogP contribution is -2.40. The smallest absolute Gasteiger partial charge is 0.407 e. The molecule has 154 valence electrons. The number of hydrogen-bond donors (Lipinski definition) is 1. The van der Waals surface area contributed by atoms with Crippen molar-refractivity contribution >= 4 is 28.7 Å². The largest absolute Gasteiger partial charge is 0.444 e. The van der Waals surface area contributed by atoms with Crippen LogP contribution in [0.25, 0.3) is 0 Å². The maximum atomic E-state index is 11.9. The number of benzene rings is 1. The van der Waals surface area contributed by atoms with Crippen molar-refractivity contribution in [3.05, 3.63) is 35.4 Å². The third-order valence-electron chi connectivity index (χ3n) is 4.53. The summed E-state index contributed by atoms with van der Waals surface area (Å²) in [6.45, 7) is 7.92. The average Bonchev–Trinajstić information content (AvgIpc) is 2.61. The number of alkyl halides is 1. The Morgan fingerprint density at radius 3 is 2.11 bits per heavy atom. The molecule has 0 aliphatic rings. The first-order chi connectivity index (χ1) is 12.8. The Balaban J connectivity index is 2.31. The number of amides is 1. The second-order valence-electron chi connectivity index (χ2n) is 8.37. The molecule has 0 heterocycles. The monoisotopic (exact) mass is 487 g/mol. The highest BCUT2D eigenvalue weighted by Gasteiger charge is 2.18. The van der Waals surface area contributed by atoms with Crippen LogP contribution in [0.5, 0.6) is 0 Å². The van der Waals surface area contributed by atoms with Crippen molar-refractivity contribution in [3.63, 3.8) is 0 Å². The van der Waals surface area contributed by atoms with E-state index in [1.807, 2.05) is 20.8 Å². The molecule has 0 fully saturated rings. The van der Waals surface area contributed by atoms with E-state index < -0.39 is 5.60 Å². The van der Waals surface area contributed by atoms with Gasteiger partial charge in [0, 0.05) is 10.5 Å². The van der Waals surface area contributed by atoms with Crippen molar-refractivity contribution in [2.24, 2.45) is 0 Å². The number of unbranched alkanes of at least 4 members (excludes halogenated alkanes) is 5. The summed E-state index contributed by atoms with van der Waals surface area (Å²) in [6.07, 6.45) is 10.8. The predicted octanol–water partition coefficient (Wildman–Crippen LogP) is 6.85. The minimum absolute atomic E-state index is 0.142. The van der Waals surface area contributed by atoms with Crippen molar-refractivity contribution < 1.29 is 9.53 Å². The number of carbonyl (C=O) groups is 1. The molecule has 0 aliphatic heterocycles. The van der Waals surface area contributed by atoms with Crippen LogP contribution in [0.15, 0.2) is 24.3 Å². The van der Waals surface area contributed by atoms with Crippen LogP contribution in [0.2, 0.25) is 0 Å². The van der Waals surface area contributed by atoms with Gasteiger partial charge in [-0.1, -0.05) is 85.9 Å². The minimum Gasteiger partial charge on any atom is -0.444 e. The van der Waals surface area contributed by atoms with Crippen LogP contribution in [-0.4, -0.2) is 22.2 Å². The highest BCUT2D eigenvalue weighted by Crippen LogP contribution is 2.14. The number of carbonyl (C=O) groups excluding carboxylic acids is 1. The molecule has 1 amide bonds. The van der Waals surface area contributed by atoms with Gasteiger partial charge in [-0.2, -0.15) is 0 Å². The first kappa shape index (κ1) is 24.3. The van der Waals surface area contributed by atoms with Crippen LogP contribution in [-0.2, 0) is 17.6 Å². The highest BCUT2D eigenvalue weighted by atomic mass is 127. The predicted molar refractivity (Wildman–Crippen MR) is 124 cm³/mol. The summed E-state index contributed by atoms with van der Waals surface area (Å²) in [5.74, 6) is 0. The number of halogens is 1. The molecule has 27 heavy (non-hydrogen) atoms. The van der Waals surface area contributed by atoms with Gasteiger partial charge in [0.15, 0.2) is 0 Å². The van der Waals surface area contributed by atoms with Crippen molar-refractivity contribution in [2.75, 3.05) is 4.43 Å². The Morgan fingerprint density at radius 1 is 1.00 bits per heavy atom. The molecule has 1 aromatic rings. The van der Waals surface area contributed by atoms with Crippen molar-refractivity contribution in [1.82, 2.24) is 5.32 Å². The van der Waals surface area contributed by atoms with E-state index in [-0.39, 0.29) is 12.1 Å². The molecule has 0 bridgehead atoms. The van der Waals surface area contributed by atoms with Crippen LogP contribution >= 0.6 is 22.6 Å². The van der Waals surface area contributed by atoms with Crippen LogP contribution < -0.4 is 5.32 Å². The fourth-order valence-electron chi connectivity index (χ4n) is 2.99. The van der Waals surface area contributed by atoms with Gasteiger partial charge < -0.3 is 10.1 Å². The van der Waals surface area contributed by atoms with Gasteiger partial charge in [-0.15, -0.1) is 0 Å². The van der Waals surface area contributed by atoms with Crippen LogP contribution in [0.1, 0.15) is 83.8 Å². The van der Waals surface area contributed by atoms with Gasteiger partial charge in [-0.25, -0.2) is 4.79 Å². The molecule has 0 saturated carbocycles. The molecule has 0 aliphatic carbocycles. The van der Waals surface area contributed by atoms with E-state index >= 15 is 0 Å². The van der Waals surface area contributed by atoms with E-state index in [0.29, 0.717) is 0 Å². The maximum Gasteiger partial charge on any atom is 0.407 e. The number of alkyl carbamates (subject to hydrolysis) is 1. The Bertz CT molecular complexity index is 522. The molecule has 1 unspecified atom stereocenters. The van der Waals surface area contributed by atoms with E-state index in [0.717, 1.165) is 17.3 Å². The molecule has 0 spiro atoms. The van der Waals surface area contributed by atoms with Gasteiger partial charge >= 0.3 is 6.09 Å². The van der Waals surface area contributed by atoms with E-state index in [4.69, 9.17) is 4.74 Å². The molecular formula is C23H38INO2. The van der Waals surface area contributed by atoms with Gasteiger partial charge in [-0.3, -0.25) is 0 Å². The van der Waals surface area contributed by atoms with Crippen molar-refractivity contribution in [1.29, 1.82) is 0 Å². The number of hydrogen-bond acceptors (Lipinski definition) is 2. The Hall–Kier alpha value is -0.780. The van der Waals surface area contributed by atoms with Crippen LogP contribution in [0, 0.1) is 0 Å². The zero-order valence-corrected chi connectivity index (χ0v) is 19.8. The minimum atomic E-state index is -0.453. The summed E-state index contributed by atoms with van der Waals surface area (Å²) >= 11 is 2.32. The molecule has 1 N–H and O–H groups in total. The second kappa shape index (κ2) is 13.4. The highest BCUT2D eigenvalue weighted by molar-refractivity contribution is 14.1. The van der Waals surface area contributed by atoms with E-state index in [9.17, 15) is 4.79 Å². The van der Waals surface area contributed by atoms with Gasteiger partial charge in [0.2, 0.25) is 0 Å². The van der Waals surface area contributed by atoms with E-state index in [1.54, 1.807) is 0 Å². The summed E-state index contributed by atoms with van der Waals surface area (Å²) in [5.41, 5.74) is 2.32. The van der Waals surface area contributed by atoms with E-state index in [1.165, 1.54) is 56.1 Å². The van der Waals surface area contributed by atoms with Crippen LogP contribution in [0.4, 0.5) is 4.79 Å². The van der Waals surface area contributed by atoms with Crippen LogP contribution in [0.3, 0.4) is 0 Å². The molecule has 0 saturated heterocycles. The van der Waals surface area contributed by atoms with Crippen molar-refractivity contribution in [2.45, 2.75) is 97.1 Å². The Kier molecular flexibility index (Phi) is 12.0. The fourth-order valence-corrected chi connectivity index (χ4v) is 3.65. The lowest BCUT2D eigenvalue weighted by atomic mass is 10.0. The zero-order chi connectivity index (χ0) is 20.1. The SMILES string of the molecule is CCCCCCCCc1ccc(CCC(CI)NC(=O)OC(C)(C)C)cc1. The van der Waals surface area contributed by atoms with Gasteiger partial charge in [-0.05, 0) is 57.6 Å². The van der Waals surface area contributed by atoms with Gasteiger partial charge in [0.05, 0.1) is 0 Å². The summed E-state index contributed by atoms with van der Waals surface area (Å²) in [4.78, 5) is 11.9. The number of rotatable bonds is 12. The normalized spacial score (nSPS) is 12.6. The third-order valence-corrected chi connectivity index (χ3v) is 5.59. The average molecular weight is 487 g/mol. The zero-order valence-electron chi connectivity index (χ0n) is 17.7. The lowest BCUT2D eigenvalue weighted by molar-refractivity contribution is 0.0508. The Morgan fingerprint density at radius 2 is 1.56 bits per heavy atom. The quantitative estimate of drug-likeness (QED) is 0.199. The Labute approximate surface area is 180 Å². The summed E-state index contributed by atoms with van der Waals surface area (Å²) in [5, 5.41) is 2.98. The topological polar surface area (TPSA) is 38.3 Å². The third kappa shape index (κ3) is 12.3. The fraction of sp³-hybridized carbons (Fsp3) is 0.696. The van der Waals surface area contributed by atoms with Gasteiger partial charge in [0.25, 0.3) is 0 Å².